The molecule has 1 fully saturated rings. The van der Waals surface area contributed by atoms with Crippen LogP contribution >= 0.6 is 12.6 Å². The lowest BCUT2D eigenvalue weighted by atomic mass is 9.95. The monoisotopic (exact) mass is 217 g/mol. The fourth-order valence-electron chi connectivity index (χ4n) is 1.17. The summed E-state index contributed by atoms with van der Waals surface area (Å²) >= 11 is 4.18. The number of hydrogen-bond donors (Lipinski definition) is 1. The van der Waals surface area contributed by atoms with Crippen LogP contribution in [0.2, 0.25) is 0 Å². The van der Waals surface area contributed by atoms with E-state index in [1.807, 2.05) is 13.8 Å². The minimum absolute atomic E-state index is 0.00832. The second-order valence-corrected chi connectivity index (χ2v) is 4.50. The van der Waals surface area contributed by atoms with E-state index in [4.69, 9.17) is 4.74 Å². The Labute approximate surface area is 89.0 Å². The third-order valence-electron chi connectivity index (χ3n) is 2.07. The number of carbonyl (C=O) groups is 2. The van der Waals surface area contributed by atoms with Crippen LogP contribution in [0.1, 0.15) is 13.8 Å². The first kappa shape index (κ1) is 11.5. The molecule has 0 saturated carbocycles. The van der Waals surface area contributed by atoms with Gasteiger partial charge in [-0.1, -0.05) is 13.8 Å². The molecule has 0 N–H and O–H groups in total. The summed E-state index contributed by atoms with van der Waals surface area (Å²) in [5.74, 6) is 0.123. The van der Waals surface area contributed by atoms with Crippen molar-refractivity contribution in [2.45, 2.75) is 13.8 Å². The van der Waals surface area contributed by atoms with Crippen molar-refractivity contribution < 1.29 is 14.3 Å². The highest BCUT2D eigenvalue weighted by molar-refractivity contribution is 7.80. The summed E-state index contributed by atoms with van der Waals surface area (Å²) in [4.78, 5) is 24.0. The third-order valence-corrected chi connectivity index (χ3v) is 2.92. The molecular formula is C9H15NO3S. The van der Waals surface area contributed by atoms with E-state index in [9.17, 15) is 9.59 Å². The highest BCUT2D eigenvalue weighted by atomic mass is 32.1. The predicted molar refractivity (Wildman–Crippen MR) is 55.2 cm³/mol. The van der Waals surface area contributed by atoms with Gasteiger partial charge in [-0.15, -0.1) is 0 Å². The third kappa shape index (κ3) is 2.72. The van der Waals surface area contributed by atoms with E-state index in [1.54, 1.807) is 0 Å². The molecule has 0 bridgehead atoms. The zero-order valence-corrected chi connectivity index (χ0v) is 9.34. The van der Waals surface area contributed by atoms with Crippen LogP contribution in [0.3, 0.4) is 0 Å². The number of morpholine rings is 1. The number of ether oxygens (including phenoxy) is 1. The van der Waals surface area contributed by atoms with Gasteiger partial charge in [-0.05, 0) is 11.2 Å². The number of nitrogens with zero attached hydrogens (tertiary/aromatic N) is 1. The van der Waals surface area contributed by atoms with Gasteiger partial charge in [0.1, 0.15) is 13.2 Å². The maximum atomic E-state index is 11.4. The van der Waals surface area contributed by atoms with E-state index in [2.05, 4.69) is 12.6 Å². The van der Waals surface area contributed by atoms with Crippen LogP contribution in [0.5, 0.6) is 0 Å². The summed E-state index contributed by atoms with van der Waals surface area (Å²) in [6.45, 7) is 4.37. The molecular weight excluding hydrogens is 202 g/mol. The summed E-state index contributed by atoms with van der Waals surface area (Å²) < 4.78 is 4.81. The van der Waals surface area contributed by atoms with Crippen LogP contribution in [0.25, 0.3) is 0 Å². The van der Waals surface area contributed by atoms with Crippen LogP contribution in [0, 0.1) is 5.41 Å². The van der Waals surface area contributed by atoms with Crippen LogP contribution in [-0.4, -0.2) is 42.2 Å². The highest BCUT2D eigenvalue weighted by Crippen LogP contribution is 2.19. The van der Waals surface area contributed by atoms with Gasteiger partial charge < -0.3 is 4.74 Å². The standard InChI is InChI=1S/C9H15NO3S/c1-9(2,6-14)5-10-7(11)3-13-4-8(10)12/h14H,3-6H2,1-2H3. The second-order valence-electron chi connectivity index (χ2n) is 4.19. The molecule has 1 saturated heterocycles. The smallest absolute Gasteiger partial charge is 0.255 e. The Bertz CT molecular complexity index is 236. The van der Waals surface area contributed by atoms with Crippen molar-refractivity contribution in [2.24, 2.45) is 5.41 Å². The minimum Gasteiger partial charge on any atom is -0.362 e. The van der Waals surface area contributed by atoms with E-state index in [0.29, 0.717) is 12.3 Å². The maximum absolute atomic E-state index is 11.4. The van der Waals surface area contributed by atoms with Crippen molar-refractivity contribution in [3.05, 3.63) is 0 Å². The fraction of sp³-hybridized carbons (Fsp3) is 0.778. The van der Waals surface area contributed by atoms with Crippen molar-refractivity contribution in [1.82, 2.24) is 4.90 Å². The largest absolute Gasteiger partial charge is 0.362 e. The Hall–Kier alpha value is -0.550. The molecule has 2 amide bonds. The van der Waals surface area contributed by atoms with Crippen molar-refractivity contribution >= 4 is 24.4 Å². The van der Waals surface area contributed by atoms with E-state index >= 15 is 0 Å². The zero-order chi connectivity index (χ0) is 10.8. The molecule has 1 heterocycles. The summed E-state index contributed by atoms with van der Waals surface area (Å²) in [6.07, 6.45) is 0. The lowest BCUT2D eigenvalue weighted by Crippen LogP contribution is -2.50. The van der Waals surface area contributed by atoms with Crippen molar-refractivity contribution in [3.63, 3.8) is 0 Å². The van der Waals surface area contributed by atoms with Crippen LogP contribution in [0.15, 0.2) is 0 Å². The highest BCUT2D eigenvalue weighted by Gasteiger charge is 2.31. The van der Waals surface area contributed by atoms with Gasteiger partial charge in [0, 0.05) is 6.54 Å². The van der Waals surface area contributed by atoms with Gasteiger partial charge >= 0.3 is 0 Å². The van der Waals surface area contributed by atoms with Crippen molar-refractivity contribution in [2.75, 3.05) is 25.5 Å². The molecule has 0 radical (unpaired) electrons. The molecule has 4 nitrogen and oxygen atoms in total. The van der Waals surface area contributed by atoms with Crippen LogP contribution in [0.4, 0.5) is 0 Å². The van der Waals surface area contributed by atoms with Crippen LogP contribution in [-0.2, 0) is 14.3 Å². The molecule has 1 aliphatic heterocycles. The summed E-state index contributed by atoms with van der Waals surface area (Å²) in [6, 6.07) is 0. The average molecular weight is 217 g/mol. The van der Waals surface area contributed by atoms with E-state index in [0.717, 1.165) is 0 Å². The topological polar surface area (TPSA) is 46.6 Å². The molecule has 0 aromatic carbocycles. The lowest BCUT2D eigenvalue weighted by molar-refractivity contribution is -0.159. The summed E-state index contributed by atoms with van der Waals surface area (Å²) in [7, 11) is 0. The first-order chi connectivity index (χ1) is 6.46. The number of rotatable bonds is 3. The fourth-order valence-corrected chi connectivity index (χ4v) is 1.27. The SMILES string of the molecule is CC(C)(CS)CN1C(=O)COCC1=O. The molecule has 0 aliphatic carbocycles. The molecule has 14 heavy (non-hydrogen) atoms. The molecule has 0 spiro atoms. The van der Waals surface area contributed by atoms with Gasteiger partial charge in [0.05, 0.1) is 0 Å². The Morgan fingerprint density at radius 1 is 1.36 bits per heavy atom. The van der Waals surface area contributed by atoms with Gasteiger partial charge in [-0.2, -0.15) is 12.6 Å². The predicted octanol–water partition coefficient (Wildman–Crippen LogP) is 0.328. The minimum atomic E-state index is -0.254. The van der Waals surface area contributed by atoms with Gasteiger partial charge in [-0.3, -0.25) is 14.5 Å². The van der Waals surface area contributed by atoms with E-state index in [1.165, 1.54) is 4.90 Å². The summed E-state index contributed by atoms with van der Waals surface area (Å²) in [5, 5.41) is 0. The number of hydrogen-bond acceptors (Lipinski definition) is 4. The van der Waals surface area contributed by atoms with Crippen molar-refractivity contribution in [1.29, 1.82) is 0 Å². The number of imide groups is 1. The normalized spacial score (nSPS) is 18.9. The maximum Gasteiger partial charge on any atom is 0.255 e. The number of thiol groups is 1. The molecule has 0 aromatic rings. The zero-order valence-electron chi connectivity index (χ0n) is 8.45. The Balaban J connectivity index is 2.65. The quantitative estimate of drug-likeness (QED) is 0.547. The van der Waals surface area contributed by atoms with E-state index in [-0.39, 0.29) is 30.4 Å². The second kappa shape index (κ2) is 4.31. The Morgan fingerprint density at radius 3 is 2.29 bits per heavy atom. The molecule has 80 valence electrons. The lowest BCUT2D eigenvalue weighted by Gasteiger charge is -2.32. The molecule has 1 aliphatic rings. The van der Waals surface area contributed by atoms with Crippen LogP contribution < -0.4 is 0 Å². The van der Waals surface area contributed by atoms with Gasteiger partial charge in [0.15, 0.2) is 0 Å². The molecule has 0 aromatic heterocycles. The Kier molecular flexibility index (Phi) is 3.55. The Morgan fingerprint density at radius 2 is 1.86 bits per heavy atom. The van der Waals surface area contributed by atoms with Gasteiger partial charge in [0.2, 0.25) is 0 Å². The van der Waals surface area contributed by atoms with E-state index < -0.39 is 0 Å². The number of amides is 2. The first-order valence-electron chi connectivity index (χ1n) is 4.48. The molecule has 5 heteroatoms. The molecule has 1 rings (SSSR count). The van der Waals surface area contributed by atoms with Crippen molar-refractivity contribution in [3.8, 4) is 0 Å². The molecule has 0 unspecified atom stereocenters. The first-order valence-corrected chi connectivity index (χ1v) is 5.11. The molecule has 0 atom stereocenters. The number of carbonyl (C=O) groups excluding carboxylic acids is 2. The summed E-state index contributed by atoms with van der Waals surface area (Å²) in [5.41, 5.74) is -0.147. The van der Waals surface area contributed by atoms with Gasteiger partial charge in [-0.25, -0.2) is 0 Å². The average Bonchev–Trinajstić information content (AvgIpc) is 2.12. The van der Waals surface area contributed by atoms with Gasteiger partial charge in [0.25, 0.3) is 11.8 Å².